The first kappa shape index (κ1) is 9.74. The second-order valence-corrected chi connectivity index (χ2v) is 3.95. The third-order valence-corrected chi connectivity index (χ3v) is 2.75. The fourth-order valence-electron chi connectivity index (χ4n) is 2.10. The molecule has 1 saturated heterocycles. The van der Waals surface area contributed by atoms with Crippen LogP contribution in [0.3, 0.4) is 0 Å². The molecule has 2 atom stereocenters. The van der Waals surface area contributed by atoms with Gasteiger partial charge in [-0.3, -0.25) is 0 Å². The van der Waals surface area contributed by atoms with Gasteiger partial charge in [-0.15, -0.1) is 0 Å². The Hall–Kier alpha value is -0.800. The van der Waals surface area contributed by atoms with Gasteiger partial charge in [-0.05, 0) is 31.0 Å². The summed E-state index contributed by atoms with van der Waals surface area (Å²) in [5.41, 5.74) is 0. The Kier molecular flexibility index (Phi) is 3.22. The number of nitrogens with one attached hydrogen (secondary N) is 1. The van der Waals surface area contributed by atoms with Crippen LogP contribution in [-0.4, -0.2) is 26.3 Å². The van der Waals surface area contributed by atoms with Gasteiger partial charge in [0.2, 0.25) is 0 Å². The molecule has 0 aliphatic carbocycles. The van der Waals surface area contributed by atoms with Gasteiger partial charge in [0.15, 0.2) is 0 Å². The van der Waals surface area contributed by atoms with Crippen LogP contribution in [0.2, 0.25) is 0 Å². The highest BCUT2D eigenvalue weighted by molar-refractivity contribution is 5.00. The lowest BCUT2D eigenvalue weighted by Gasteiger charge is -2.08. The maximum atomic E-state index is 5.33. The minimum atomic E-state index is 0.528. The predicted molar refractivity (Wildman–Crippen MR) is 54.2 cm³/mol. The average molecular weight is 195 g/mol. The van der Waals surface area contributed by atoms with Crippen molar-refractivity contribution < 1.29 is 9.15 Å². The summed E-state index contributed by atoms with van der Waals surface area (Å²) in [4.78, 5) is 0. The summed E-state index contributed by atoms with van der Waals surface area (Å²) < 4.78 is 10.5. The van der Waals surface area contributed by atoms with E-state index in [-0.39, 0.29) is 0 Å². The molecule has 0 radical (unpaired) electrons. The summed E-state index contributed by atoms with van der Waals surface area (Å²) in [5.74, 6) is 1.79. The van der Waals surface area contributed by atoms with Crippen LogP contribution in [0.5, 0.6) is 0 Å². The Morgan fingerprint density at radius 1 is 1.64 bits per heavy atom. The Labute approximate surface area is 84.4 Å². The topological polar surface area (TPSA) is 34.4 Å². The van der Waals surface area contributed by atoms with Gasteiger partial charge in [0.05, 0.1) is 12.9 Å². The molecule has 2 unspecified atom stereocenters. The lowest BCUT2D eigenvalue weighted by atomic mass is 10.0. The monoisotopic (exact) mass is 195 g/mol. The smallest absolute Gasteiger partial charge is 0.104 e. The maximum absolute atomic E-state index is 5.33. The molecular weight excluding hydrogens is 178 g/mol. The Bertz CT molecular complexity index is 258. The molecule has 2 rings (SSSR count). The normalized spacial score (nSPS) is 26.9. The van der Waals surface area contributed by atoms with E-state index in [1.165, 1.54) is 6.42 Å². The van der Waals surface area contributed by atoms with Gasteiger partial charge in [0, 0.05) is 19.6 Å². The van der Waals surface area contributed by atoms with E-state index < -0.39 is 0 Å². The van der Waals surface area contributed by atoms with Crippen LogP contribution in [-0.2, 0) is 11.2 Å². The quantitative estimate of drug-likeness (QED) is 0.789. The highest BCUT2D eigenvalue weighted by atomic mass is 16.5. The molecular formula is C11H17NO2. The van der Waals surface area contributed by atoms with Crippen molar-refractivity contribution in [2.75, 3.05) is 20.3 Å². The van der Waals surface area contributed by atoms with E-state index in [0.717, 1.165) is 25.3 Å². The molecule has 2 heterocycles. The molecule has 0 bridgehead atoms. The summed E-state index contributed by atoms with van der Waals surface area (Å²) in [5, 5.41) is 3.45. The molecule has 0 amide bonds. The van der Waals surface area contributed by atoms with E-state index in [1.54, 1.807) is 13.4 Å². The van der Waals surface area contributed by atoms with Gasteiger partial charge in [0.1, 0.15) is 5.76 Å². The molecule has 0 aromatic carbocycles. The van der Waals surface area contributed by atoms with Crippen LogP contribution in [0.15, 0.2) is 22.8 Å². The van der Waals surface area contributed by atoms with E-state index in [2.05, 4.69) is 5.32 Å². The van der Waals surface area contributed by atoms with Crippen molar-refractivity contribution in [3.8, 4) is 0 Å². The fraction of sp³-hybridized carbons (Fsp3) is 0.636. The van der Waals surface area contributed by atoms with Crippen molar-refractivity contribution in [2.45, 2.75) is 18.9 Å². The summed E-state index contributed by atoms with van der Waals surface area (Å²) in [7, 11) is 1.75. The van der Waals surface area contributed by atoms with Crippen LogP contribution in [0.25, 0.3) is 0 Å². The fourth-order valence-corrected chi connectivity index (χ4v) is 2.10. The Morgan fingerprint density at radius 2 is 2.57 bits per heavy atom. The van der Waals surface area contributed by atoms with Crippen molar-refractivity contribution in [1.29, 1.82) is 0 Å². The predicted octanol–water partition coefficient (Wildman–Crippen LogP) is 1.45. The van der Waals surface area contributed by atoms with Crippen molar-refractivity contribution in [2.24, 2.45) is 5.92 Å². The molecule has 14 heavy (non-hydrogen) atoms. The van der Waals surface area contributed by atoms with Crippen LogP contribution in [0.1, 0.15) is 12.2 Å². The zero-order valence-corrected chi connectivity index (χ0v) is 8.53. The zero-order valence-electron chi connectivity index (χ0n) is 8.53. The number of methoxy groups -OCH3 is 1. The molecule has 0 saturated carbocycles. The van der Waals surface area contributed by atoms with Gasteiger partial charge in [-0.2, -0.15) is 0 Å². The average Bonchev–Trinajstić information content (AvgIpc) is 2.79. The lowest BCUT2D eigenvalue weighted by molar-refractivity contribution is 0.172. The second-order valence-electron chi connectivity index (χ2n) is 3.95. The van der Waals surface area contributed by atoms with E-state index in [9.17, 15) is 0 Å². The maximum Gasteiger partial charge on any atom is 0.104 e. The third kappa shape index (κ3) is 2.36. The van der Waals surface area contributed by atoms with Gasteiger partial charge in [0.25, 0.3) is 0 Å². The molecule has 0 spiro atoms. The van der Waals surface area contributed by atoms with Crippen molar-refractivity contribution in [3.63, 3.8) is 0 Å². The number of furan rings is 1. The number of hydrogen-bond donors (Lipinski definition) is 1. The molecule has 1 aromatic rings. The molecule has 78 valence electrons. The van der Waals surface area contributed by atoms with Gasteiger partial charge in [-0.25, -0.2) is 0 Å². The summed E-state index contributed by atoms with van der Waals surface area (Å²) in [6, 6.07) is 4.52. The van der Waals surface area contributed by atoms with Crippen LogP contribution in [0, 0.1) is 5.92 Å². The van der Waals surface area contributed by atoms with Gasteiger partial charge in [-0.1, -0.05) is 0 Å². The first-order valence-corrected chi connectivity index (χ1v) is 5.13. The highest BCUT2D eigenvalue weighted by Crippen LogP contribution is 2.19. The largest absolute Gasteiger partial charge is 0.469 e. The lowest BCUT2D eigenvalue weighted by Crippen LogP contribution is -2.25. The minimum absolute atomic E-state index is 0.528. The van der Waals surface area contributed by atoms with Gasteiger partial charge >= 0.3 is 0 Å². The standard InChI is InChI=1S/C11H17NO2/c1-13-8-10-5-9(7-12-10)6-11-3-2-4-14-11/h2-4,9-10,12H,5-8H2,1H3. The third-order valence-electron chi connectivity index (χ3n) is 2.75. The van der Waals surface area contributed by atoms with E-state index in [0.29, 0.717) is 12.0 Å². The van der Waals surface area contributed by atoms with E-state index >= 15 is 0 Å². The first-order chi connectivity index (χ1) is 6.88. The number of hydrogen-bond acceptors (Lipinski definition) is 3. The van der Waals surface area contributed by atoms with Crippen molar-refractivity contribution in [1.82, 2.24) is 5.32 Å². The molecule has 1 fully saturated rings. The van der Waals surface area contributed by atoms with E-state index in [4.69, 9.17) is 9.15 Å². The van der Waals surface area contributed by atoms with Crippen molar-refractivity contribution >= 4 is 0 Å². The van der Waals surface area contributed by atoms with Crippen LogP contribution >= 0.6 is 0 Å². The van der Waals surface area contributed by atoms with Crippen LogP contribution < -0.4 is 5.32 Å². The molecule has 1 aliphatic rings. The second kappa shape index (κ2) is 4.62. The number of rotatable bonds is 4. The first-order valence-electron chi connectivity index (χ1n) is 5.13. The summed E-state index contributed by atoms with van der Waals surface area (Å²) >= 11 is 0. The molecule has 3 nitrogen and oxygen atoms in total. The zero-order chi connectivity index (χ0) is 9.80. The molecule has 1 aliphatic heterocycles. The Morgan fingerprint density at radius 3 is 3.29 bits per heavy atom. The van der Waals surface area contributed by atoms with Crippen LogP contribution in [0.4, 0.5) is 0 Å². The molecule has 1 N–H and O–H groups in total. The summed E-state index contributed by atoms with van der Waals surface area (Å²) in [6.45, 7) is 1.89. The highest BCUT2D eigenvalue weighted by Gasteiger charge is 2.24. The SMILES string of the molecule is COCC1CC(Cc2ccco2)CN1. The summed E-state index contributed by atoms with van der Waals surface area (Å²) in [6.07, 6.45) is 3.97. The minimum Gasteiger partial charge on any atom is -0.469 e. The molecule has 1 aromatic heterocycles. The van der Waals surface area contributed by atoms with Crippen molar-refractivity contribution in [3.05, 3.63) is 24.2 Å². The van der Waals surface area contributed by atoms with Gasteiger partial charge < -0.3 is 14.5 Å². The Balaban J connectivity index is 1.79. The number of ether oxygens (including phenoxy) is 1. The van der Waals surface area contributed by atoms with E-state index in [1.807, 2.05) is 12.1 Å². The molecule has 3 heteroatoms.